The average molecular weight is 507 g/mol. The van der Waals surface area contributed by atoms with Gasteiger partial charge in [-0.1, -0.05) is 29.8 Å². The summed E-state index contributed by atoms with van der Waals surface area (Å²) in [6, 6.07) is 18.3. The summed E-state index contributed by atoms with van der Waals surface area (Å²) in [6.07, 6.45) is 2.23. The molecule has 184 valence electrons. The quantitative estimate of drug-likeness (QED) is 0.250. The number of aromatic nitrogens is 3. The standard InChI is InChI=1S/C27H24ClFN4O3/c1-2-36-27(35)19-7-10-23(11-8-19)33-24(20-4-3-5-21(29)14-20)15-22(32-33)9-13-26(34)31-17-18-6-12-25(28)30-16-18/h3-8,10-12,14-16H,2,9,13,17H2,1H3,(H,31,34). The van der Waals surface area contributed by atoms with Crippen molar-refractivity contribution in [1.82, 2.24) is 20.1 Å². The van der Waals surface area contributed by atoms with Gasteiger partial charge in [0.25, 0.3) is 0 Å². The molecule has 0 aliphatic carbocycles. The van der Waals surface area contributed by atoms with Crippen molar-refractivity contribution < 1.29 is 18.7 Å². The van der Waals surface area contributed by atoms with E-state index < -0.39 is 5.97 Å². The largest absolute Gasteiger partial charge is 0.462 e. The molecule has 2 aromatic heterocycles. The fraction of sp³-hybridized carbons (Fsp3) is 0.185. The molecule has 0 bridgehead atoms. The van der Waals surface area contributed by atoms with Crippen LogP contribution in [0.2, 0.25) is 5.15 Å². The smallest absolute Gasteiger partial charge is 0.338 e. The number of nitrogens with zero attached hydrogens (tertiary/aromatic N) is 3. The lowest BCUT2D eigenvalue weighted by Crippen LogP contribution is -2.23. The van der Waals surface area contributed by atoms with Gasteiger partial charge < -0.3 is 10.1 Å². The Morgan fingerprint density at radius 3 is 2.58 bits per heavy atom. The van der Waals surface area contributed by atoms with Gasteiger partial charge in [-0.25, -0.2) is 18.9 Å². The summed E-state index contributed by atoms with van der Waals surface area (Å²) in [6.45, 7) is 2.38. The summed E-state index contributed by atoms with van der Waals surface area (Å²) < 4.78 is 20.7. The molecule has 0 spiro atoms. The van der Waals surface area contributed by atoms with Gasteiger partial charge >= 0.3 is 5.97 Å². The van der Waals surface area contributed by atoms with Crippen LogP contribution in [0.3, 0.4) is 0 Å². The number of halogens is 2. The Morgan fingerprint density at radius 1 is 1.08 bits per heavy atom. The molecule has 1 N–H and O–H groups in total. The SMILES string of the molecule is CCOC(=O)c1ccc(-n2nc(CCC(=O)NCc3ccc(Cl)nc3)cc2-c2cccc(F)c2)cc1. The van der Waals surface area contributed by atoms with Crippen LogP contribution < -0.4 is 5.32 Å². The van der Waals surface area contributed by atoms with Crippen molar-refractivity contribution in [2.24, 2.45) is 0 Å². The van der Waals surface area contributed by atoms with E-state index in [0.29, 0.717) is 46.3 Å². The summed E-state index contributed by atoms with van der Waals surface area (Å²) in [7, 11) is 0. The van der Waals surface area contributed by atoms with Crippen molar-refractivity contribution in [3.05, 3.63) is 101 Å². The van der Waals surface area contributed by atoms with E-state index >= 15 is 0 Å². The van der Waals surface area contributed by atoms with E-state index in [4.69, 9.17) is 16.3 Å². The van der Waals surface area contributed by atoms with E-state index in [9.17, 15) is 14.0 Å². The van der Waals surface area contributed by atoms with Crippen molar-refractivity contribution in [3.63, 3.8) is 0 Å². The van der Waals surface area contributed by atoms with Gasteiger partial charge in [0.2, 0.25) is 5.91 Å². The summed E-state index contributed by atoms with van der Waals surface area (Å²) in [5, 5.41) is 7.92. The number of hydrogen-bond acceptors (Lipinski definition) is 5. The highest BCUT2D eigenvalue weighted by Crippen LogP contribution is 2.25. The first-order chi connectivity index (χ1) is 17.4. The Kier molecular flexibility index (Phi) is 8.07. The zero-order valence-corrected chi connectivity index (χ0v) is 20.3. The molecule has 0 radical (unpaired) electrons. The topological polar surface area (TPSA) is 86.1 Å². The zero-order chi connectivity index (χ0) is 25.5. The number of aryl methyl sites for hydroxylation is 1. The molecule has 4 rings (SSSR count). The Hall–Kier alpha value is -4.04. The number of pyridine rings is 1. The third kappa shape index (κ3) is 6.34. The molecule has 9 heteroatoms. The van der Waals surface area contributed by atoms with Crippen LogP contribution in [0, 0.1) is 5.82 Å². The molecule has 2 heterocycles. The van der Waals surface area contributed by atoms with Crippen LogP contribution in [0.4, 0.5) is 4.39 Å². The van der Waals surface area contributed by atoms with Crippen molar-refractivity contribution >= 4 is 23.5 Å². The number of amides is 1. The number of hydrogen-bond donors (Lipinski definition) is 1. The Bertz CT molecular complexity index is 1350. The van der Waals surface area contributed by atoms with Crippen LogP contribution in [0.15, 0.2) is 72.9 Å². The van der Waals surface area contributed by atoms with Crippen LogP contribution in [0.25, 0.3) is 16.9 Å². The lowest BCUT2D eigenvalue weighted by molar-refractivity contribution is -0.121. The minimum absolute atomic E-state index is 0.134. The minimum Gasteiger partial charge on any atom is -0.462 e. The summed E-state index contributed by atoms with van der Waals surface area (Å²) in [5.74, 6) is -0.905. The van der Waals surface area contributed by atoms with Gasteiger partial charge in [-0.2, -0.15) is 5.10 Å². The van der Waals surface area contributed by atoms with E-state index in [0.717, 1.165) is 5.56 Å². The second-order valence-corrected chi connectivity index (χ2v) is 8.36. The lowest BCUT2D eigenvalue weighted by atomic mass is 10.1. The normalized spacial score (nSPS) is 10.8. The maximum Gasteiger partial charge on any atom is 0.338 e. The van der Waals surface area contributed by atoms with Crippen molar-refractivity contribution in [3.8, 4) is 16.9 Å². The van der Waals surface area contributed by atoms with E-state index in [-0.39, 0.29) is 24.8 Å². The molecular weight excluding hydrogens is 483 g/mol. The zero-order valence-electron chi connectivity index (χ0n) is 19.6. The summed E-state index contributed by atoms with van der Waals surface area (Å²) >= 11 is 5.79. The predicted octanol–water partition coefficient (Wildman–Crippen LogP) is 5.15. The number of ether oxygens (including phenoxy) is 1. The van der Waals surface area contributed by atoms with Crippen molar-refractivity contribution in [1.29, 1.82) is 0 Å². The molecule has 0 saturated heterocycles. The van der Waals surface area contributed by atoms with Crippen molar-refractivity contribution in [2.75, 3.05) is 6.61 Å². The van der Waals surface area contributed by atoms with Gasteiger partial charge in [-0.15, -0.1) is 0 Å². The Morgan fingerprint density at radius 2 is 1.89 bits per heavy atom. The number of carbonyl (C=O) groups excluding carboxylic acids is 2. The molecule has 2 aromatic carbocycles. The number of rotatable bonds is 9. The van der Waals surface area contributed by atoms with Gasteiger partial charge in [-0.3, -0.25) is 4.79 Å². The molecular formula is C27H24ClFN4O3. The number of benzene rings is 2. The molecule has 0 fully saturated rings. The molecule has 0 saturated carbocycles. The third-order valence-electron chi connectivity index (χ3n) is 5.39. The molecule has 0 aliphatic heterocycles. The molecule has 7 nitrogen and oxygen atoms in total. The molecule has 36 heavy (non-hydrogen) atoms. The van der Waals surface area contributed by atoms with Gasteiger partial charge in [0.15, 0.2) is 0 Å². The number of esters is 1. The predicted molar refractivity (Wildman–Crippen MR) is 134 cm³/mol. The first-order valence-corrected chi connectivity index (χ1v) is 11.8. The highest BCUT2D eigenvalue weighted by atomic mass is 35.5. The van der Waals surface area contributed by atoms with E-state index in [2.05, 4.69) is 15.4 Å². The van der Waals surface area contributed by atoms with E-state index in [1.54, 1.807) is 66.3 Å². The maximum absolute atomic E-state index is 14.0. The van der Waals surface area contributed by atoms with E-state index in [1.165, 1.54) is 12.1 Å². The molecule has 0 unspecified atom stereocenters. The van der Waals surface area contributed by atoms with Gasteiger partial charge in [0, 0.05) is 31.1 Å². The van der Waals surface area contributed by atoms with Gasteiger partial charge in [0.05, 0.1) is 29.2 Å². The molecule has 0 atom stereocenters. The van der Waals surface area contributed by atoms with Crippen LogP contribution in [0.5, 0.6) is 0 Å². The number of carbonyl (C=O) groups is 2. The second kappa shape index (κ2) is 11.6. The van der Waals surface area contributed by atoms with Crippen LogP contribution >= 0.6 is 11.6 Å². The average Bonchev–Trinajstić information content (AvgIpc) is 3.32. The fourth-order valence-corrected chi connectivity index (χ4v) is 3.71. The minimum atomic E-state index is -0.407. The van der Waals surface area contributed by atoms with Crippen LogP contribution in [-0.4, -0.2) is 33.2 Å². The van der Waals surface area contributed by atoms with Crippen LogP contribution in [-0.2, 0) is 22.5 Å². The first-order valence-electron chi connectivity index (χ1n) is 11.4. The second-order valence-electron chi connectivity index (χ2n) is 7.98. The highest BCUT2D eigenvalue weighted by molar-refractivity contribution is 6.29. The Labute approximate surface area is 212 Å². The first kappa shape index (κ1) is 25.1. The highest BCUT2D eigenvalue weighted by Gasteiger charge is 2.15. The fourth-order valence-electron chi connectivity index (χ4n) is 3.60. The van der Waals surface area contributed by atoms with Crippen LogP contribution in [0.1, 0.15) is 35.0 Å². The maximum atomic E-state index is 14.0. The summed E-state index contributed by atoms with van der Waals surface area (Å²) in [5.41, 5.74) is 3.94. The van der Waals surface area contributed by atoms with Crippen molar-refractivity contribution in [2.45, 2.75) is 26.3 Å². The molecule has 1 amide bonds. The van der Waals surface area contributed by atoms with E-state index in [1.807, 2.05) is 6.07 Å². The molecule has 4 aromatic rings. The molecule has 0 aliphatic rings. The number of nitrogens with one attached hydrogen (secondary N) is 1. The summed E-state index contributed by atoms with van der Waals surface area (Å²) in [4.78, 5) is 28.4. The van der Waals surface area contributed by atoms with Gasteiger partial charge in [0.1, 0.15) is 11.0 Å². The van der Waals surface area contributed by atoms with Gasteiger partial charge in [-0.05, 0) is 61.0 Å². The monoisotopic (exact) mass is 506 g/mol. The Balaban J connectivity index is 1.52. The third-order valence-corrected chi connectivity index (χ3v) is 5.61. The lowest BCUT2D eigenvalue weighted by Gasteiger charge is -2.09.